The first-order valence-corrected chi connectivity index (χ1v) is 9.60. The van der Waals surface area contributed by atoms with Gasteiger partial charge in [-0.3, -0.25) is 4.79 Å². The maximum Gasteiger partial charge on any atom is 0.259 e. The molecule has 4 aromatic rings. The molecule has 2 aromatic heterocycles. The van der Waals surface area contributed by atoms with Gasteiger partial charge in [-0.15, -0.1) is 0 Å². The van der Waals surface area contributed by atoms with Gasteiger partial charge in [-0.25, -0.2) is 9.67 Å². The zero-order valence-corrected chi connectivity index (χ0v) is 16.4. The van der Waals surface area contributed by atoms with E-state index in [0.29, 0.717) is 5.56 Å². The third kappa shape index (κ3) is 3.70. The van der Waals surface area contributed by atoms with Crippen molar-refractivity contribution in [3.8, 4) is 5.69 Å². The van der Waals surface area contributed by atoms with E-state index < -0.39 is 0 Å². The van der Waals surface area contributed by atoms with Gasteiger partial charge >= 0.3 is 0 Å². The maximum absolute atomic E-state index is 12.7. The lowest BCUT2D eigenvalue weighted by molar-refractivity contribution is 0.102. The molecule has 0 saturated carbocycles. The molecular formula is C21H19N5OS. The number of hydrogen-bond acceptors (Lipinski definition) is 4. The van der Waals surface area contributed by atoms with Crippen molar-refractivity contribution in [1.82, 2.24) is 19.3 Å². The van der Waals surface area contributed by atoms with Crippen LogP contribution in [-0.4, -0.2) is 25.2 Å². The molecule has 2 heterocycles. The van der Waals surface area contributed by atoms with E-state index in [1.807, 2.05) is 79.3 Å². The molecule has 2 aromatic carbocycles. The van der Waals surface area contributed by atoms with E-state index in [1.165, 1.54) is 0 Å². The summed E-state index contributed by atoms with van der Waals surface area (Å²) < 4.78 is 3.73. The second-order valence-electron chi connectivity index (χ2n) is 6.29. The van der Waals surface area contributed by atoms with Crippen LogP contribution in [0.25, 0.3) is 5.69 Å². The van der Waals surface area contributed by atoms with Crippen LogP contribution in [0, 0.1) is 6.92 Å². The maximum atomic E-state index is 12.7. The highest BCUT2D eigenvalue weighted by Crippen LogP contribution is 2.27. The number of aromatic nitrogens is 4. The fraction of sp³-hybridized carbons (Fsp3) is 0.0952. The Labute approximate surface area is 167 Å². The van der Waals surface area contributed by atoms with E-state index in [4.69, 9.17) is 0 Å². The Morgan fingerprint density at radius 3 is 2.50 bits per heavy atom. The van der Waals surface area contributed by atoms with Gasteiger partial charge < -0.3 is 9.88 Å². The number of imidazole rings is 1. The normalized spacial score (nSPS) is 10.8. The third-order valence-corrected chi connectivity index (χ3v) is 5.44. The van der Waals surface area contributed by atoms with Crippen LogP contribution in [0.3, 0.4) is 0 Å². The highest BCUT2D eigenvalue weighted by molar-refractivity contribution is 7.99. The Kier molecular flexibility index (Phi) is 4.99. The molecule has 0 radical (unpaired) electrons. The highest BCUT2D eigenvalue weighted by Gasteiger charge is 2.15. The summed E-state index contributed by atoms with van der Waals surface area (Å²) >= 11 is 1.57. The molecule has 0 spiro atoms. The van der Waals surface area contributed by atoms with Crippen LogP contribution in [0.1, 0.15) is 16.1 Å². The second kappa shape index (κ2) is 7.74. The number of carbonyl (C=O) groups is 1. The number of nitrogens with one attached hydrogen (secondary N) is 1. The van der Waals surface area contributed by atoms with Crippen molar-refractivity contribution in [1.29, 1.82) is 0 Å². The van der Waals surface area contributed by atoms with Gasteiger partial charge in [0.15, 0.2) is 5.16 Å². The van der Waals surface area contributed by atoms with Crippen LogP contribution >= 0.6 is 11.8 Å². The molecule has 0 aliphatic carbocycles. The van der Waals surface area contributed by atoms with E-state index in [1.54, 1.807) is 28.8 Å². The van der Waals surface area contributed by atoms with Gasteiger partial charge in [0.25, 0.3) is 5.91 Å². The molecule has 7 heteroatoms. The Hall–Kier alpha value is -3.32. The molecule has 0 fully saturated rings. The molecule has 1 N–H and O–H groups in total. The molecular weight excluding hydrogens is 370 g/mol. The predicted octanol–water partition coefficient (Wildman–Crippen LogP) is 4.32. The van der Waals surface area contributed by atoms with Gasteiger partial charge in [0, 0.05) is 30.0 Å². The highest BCUT2D eigenvalue weighted by atomic mass is 32.2. The van der Waals surface area contributed by atoms with E-state index in [-0.39, 0.29) is 5.91 Å². The molecule has 6 nitrogen and oxygen atoms in total. The first-order valence-electron chi connectivity index (χ1n) is 8.78. The quantitative estimate of drug-likeness (QED) is 0.552. The lowest BCUT2D eigenvalue weighted by Crippen LogP contribution is -2.13. The molecule has 28 heavy (non-hydrogen) atoms. The van der Waals surface area contributed by atoms with Crippen molar-refractivity contribution in [2.24, 2.45) is 7.05 Å². The van der Waals surface area contributed by atoms with Crippen LogP contribution in [-0.2, 0) is 7.05 Å². The Morgan fingerprint density at radius 2 is 1.82 bits per heavy atom. The number of anilines is 1. The zero-order valence-electron chi connectivity index (χ0n) is 15.5. The summed E-state index contributed by atoms with van der Waals surface area (Å²) in [5.74, 6) is -0.177. The Morgan fingerprint density at radius 1 is 1.07 bits per heavy atom. The molecule has 0 saturated heterocycles. The van der Waals surface area contributed by atoms with Crippen LogP contribution in [0.2, 0.25) is 0 Å². The second-order valence-corrected chi connectivity index (χ2v) is 7.33. The number of nitrogens with zero attached hydrogens (tertiary/aromatic N) is 4. The van der Waals surface area contributed by atoms with E-state index in [2.05, 4.69) is 15.4 Å². The number of amides is 1. The van der Waals surface area contributed by atoms with Crippen molar-refractivity contribution in [2.45, 2.75) is 17.0 Å². The summed E-state index contributed by atoms with van der Waals surface area (Å²) in [6, 6.07) is 17.5. The van der Waals surface area contributed by atoms with Crippen molar-refractivity contribution in [3.63, 3.8) is 0 Å². The number of rotatable bonds is 5. The number of benzene rings is 2. The average molecular weight is 389 g/mol. The molecule has 0 aliphatic heterocycles. The molecule has 1 amide bonds. The third-order valence-electron chi connectivity index (χ3n) is 4.35. The van der Waals surface area contributed by atoms with Crippen LogP contribution in [0.4, 0.5) is 5.69 Å². The standard InChI is InChI=1S/C21H19N5OS/c1-15-19(14-23-26(15)17-6-4-3-5-7-17)20(27)24-16-8-10-18(11-9-16)28-21-22-12-13-25(21)2/h3-14H,1-2H3,(H,24,27). The van der Waals surface area contributed by atoms with E-state index in [0.717, 1.165) is 27.1 Å². The summed E-state index contributed by atoms with van der Waals surface area (Å²) in [4.78, 5) is 18.0. The first kappa shape index (κ1) is 18.1. The predicted molar refractivity (Wildman–Crippen MR) is 110 cm³/mol. The lowest BCUT2D eigenvalue weighted by atomic mass is 10.2. The number of hydrogen-bond donors (Lipinski definition) is 1. The molecule has 0 atom stereocenters. The monoisotopic (exact) mass is 389 g/mol. The van der Waals surface area contributed by atoms with E-state index in [9.17, 15) is 4.79 Å². The SMILES string of the molecule is Cc1c(C(=O)Nc2ccc(Sc3nccn3C)cc2)cnn1-c1ccccc1. The molecule has 140 valence electrons. The van der Waals surface area contributed by atoms with Crippen molar-refractivity contribution in [3.05, 3.63) is 84.4 Å². The van der Waals surface area contributed by atoms with Crippen LogP contribution in [0.5, 0.6) is 0 Å². The van der Waals surface area contributed by atoms with Gasteiger partial charge in [0.2, 0.25) is 0 Å². The minimum absolute atomic E-state index is 0.177. The summed E-state index contributed by atoms with van der Waals surface area (Å²) in [5, 5.41) is 8.21. The largest absolute Gasteiger partial charge is 0.329 e. The van der Waals surface area contributed by atoms with Gasteiger partial charge in [-0.05, 0) is 43.3 Å². The van der Waals surface area contributed by atoms with Gasteiger partial charge in [0.05, 0.1) is 23.1 Å². The minimum Gasteiger partial charge on any atom is -0.329 e. The summed E-state index contributed by atoms with van der Waals surface area (Å²) in [6.45, 7) is 1.89. The molecule has 4 rings (SSSR count). The minimum atomic E-state index is -0.177. The van der Waals surface area contributed by atoms with E-state index >= 15 is 0 Å². The van der Waals surface area contributed by atoms with Crippen LogP contribution < -0.4 is 5.32 Å². The number of para-hydroxylation sites is 1. The van der Waals surface area contributed by atoms with Crippen molar-refractivity contribution in [2.75, 3.05) is 5.32 Å². The summed E-state index contributed by atoms with van der Waals surface area (Å²) in [5.41, 5.74) is 3.01. The molecule has 0 bridgehead atoms. The Balaban J connectivity index is 1.47. The van der Waals surface area contributed by atoms with Gasteiger partial charge in [0.1, 0.15) is 0 Å². The summed E-state index contributed by atoms with van der Waals surface area (Å²) in [6.07, 6.45) is 5.28. The topological polar surface area (TPSA) is 64.7 Å². The Bertz CT molecular complexity index is 1100. The van der Waals surface area contributed by atoms with Crippen LogP contribution in [0.15, 0.2) is 83.2 Å². The number of aryl methyl sites for hydroxylation is 1. The zero-order chi connectivity index (χ0) is 19.5. The average Bonchev–Trinajstić information content (AvgIpc) is 3.29. The van der Waals surface area contributed by atoms with Crippen molar-refractivity contribution >= 4 is 23.4 Å². The smallest absolute Gasteiger partial charge is 0.259 e. The molecule has 0 aliphatic rings. The fourth-order valence-electron chi connectivity index (χ4n) is 2.82. The van der Waals surface area contributed by atoms with Gasteiger partial charge in [-0.2, -0.15) is 5.10 Å². The molecule has 0 unspecified atom stereocenters. The van der Waals surface area contributed by atoms with Crippen molar-refractivity contribution < 1.29 is 4.79 Å². The van der Waals surface area contributed by atoms with Gasteiger partial charge in [-0.1, -0.05) is 30.0 Å². The number of carbonyl (C=O) groups excluding carboxylic acids is 1. The summed E-state index contributed by atoms with van der Waals surface area (Å²) in [7, 11) is 1.96. The first-order chi connectivity index (χ1) is 13.6. The lowest BCUT2D eigenvalue weighted by Gasteiger charge is -2.07. The fourth-order valence-corrected chi connectivity index (χ4v) is 3.62.